The SMILES string of the molecule is CC[C@@H](C)NC(=O)[C@H](CC)N(Cc1ccccc1Cl)C(=O)CCc1ccccc1. The molecule has 0 aliphatic heterocycles. The van der Waals surface area contributed by atoms with Crippen molar-refractivity contribution in [2.75, 3.05) is 0 Å². The van der Waals surface area contributed by atoms with E-state index in [0.717, 1.165) is 17.5 Å². The first-order chi connectivity index (χ1) is 14.0. The van der Waals surface area contributed by atoms with Gasteiger partial charge < -0.3 is 10.2 Å². The Balaban J connectivity index is 2.22. The molecule has 0 aliphatic rings. The molecule has 5 heteroatoms. The standard InChI is InChI=1S/C24H31ClN2O2/c1-4-18(3)26-24(29)22(5-2)27(17-20-13-9-10-14-21(20)25)23(28)16-15-19-11-7-6-8-12-19/h6-14,18,22H,4-5,15-17H2,1-3H3,(H,26,29)/t18-,22+/m1/s1. The second-order valence-electron chi connectivity index (χ2n) is 7.34. The molecule has 0 bridgehead atoms. The lowest BCUT2D eigenvalue weighted by molar-refractivity contribution is -0.141. The third-order valence-electron chi connectivity index (χ3n) is 5.16. The van der Waals surface area contributed by atoms with Crippen LogP contribution in [0.2, 0.25) is 5.02 Å². The summed E-state index contributed by atoms with van der Waals surface area (Å²) in [4.78, 5) is 27.8. The van der Waals surface area contributed by atoms with Gasteiger partial charge in [-0.15, -0.1) is 0 Å². The molecular formula is C24H31ClN2O2. The van der Waals surface area contributed by atoms with E-state index in [0.29, 0.717) is 30.8 Å². The van der Waals surface area contributed by atoms with Crippen molar-refractivity contribution in [2.45, 2.75) is 65.1 Å². The van der Waals surface area contributed by atoms with Crippen LogP contribution in [-0.4, -0.2) is 28.8 Å². The smallest absolute Gasteiger partial charge is 0.243 e. The van der Waals surface area contributed by atoms with Crippen LogP contribution < -0.4 is 5.32 Å². The van der Waals surface area contributed by atoms with Crippen LogP contribution in [0.15, 0.2) is 54.6 Å². The molecule has 2 aromatic rings. The summed E-state index contributed by atoms with van der Waals surface area (Å²) in [6.45, 7) is 6.25. The van der Waals surface area contributed by atoms with E-state index >= 15 is 0 Å². The highest BCUT2D eigenvalue weighted by Crippen LogP contribution is 2.21. The van der Waals surface area contributed by atoms with Gasteiger partial charge in [0, 0.05) is 24.0 Å². The zero-order valence-corrected chi connectivity index (χ0v) is 18.3. The average Bonchev–Trinajstić information content (AvgIpc) is 2.73. The number of carbonyl (C=O) groups is 2. The van der Waals surface area contributed by atoms with Gasteiger partial charge in [0.15, 0.2) is 0 Å². The predicted molar refractivity (Wildman–Crippen MR) is 119 cm³/mol. The van der Waals surface area contributed by atoms with Crippen LogP contribution in [-0.2, 0) is 22.6 Å². The highest BCUT2D eigenvalue weighted by Gasteiger charge is 2.29. The first-order valence-electron chi connectivity index (χ1n) is 10.3. The summed E-state index contributed by atoms with van der Waals surface area (Å²) in [7, 11) is 0. The Kier molecular flexibility index (Phi) is 9.20. The van der Waals surface area contributed by atoms with Gasteiger partial charge >= 0.3 is 0 Å². The molecule has 0 aliphatic carbocycles. The molecule has 4 nitrogen and oxygen atoms in total. The van der Waals surface area contributed by atoms with Crippen molar-refractivity contribution >= 4 is 23.4 Å². The van der Waals surface area contributed by atoms with Crippen LogP contribution in [0.5, 0.6) is 0 Å². The minimum absolute atomic E-state index is 0.0417. The molecule has 0 unspecified atom stereocenters. The summed E-state index contributed by atoms with van der Waals surface area (Å²) in [5.74, 6) is -0.151. The first-order valence-corrected chi connectivity index (χ1v) is 10.7. The number of nitrogens with one attached hydrogen (secondary N) is 1. The van der Waals surface area contributed by atoms with E-state index in [2.05, 4.69) is 5.32 Å². The van der Waals surface area contributed by atoms with E-state index in [4.69, 9.17) is 11.6 Å². The van der Waals surface area contributed by atoms with E-state index in [1.165, 1.54) is 0 Å². The Labute approximate surface area is 179 Å². The minimum atomic E-state index is -0.524. The molecule has 156 valence electrons. The van der Waals surface area contributed by atoms with Gasteiger partial charge in [-0.2, -0.15) is 0 Å². The van der Waals surface area contributed by atoms with Gasteiger partial charge in [-0.25, -0.2) is 0 Å². The maximum Gasteiger partial charge on any atom is 0.243 e. The summed E-state index contributed by atoms with van der Waals surface area (Å²) in [6, 6.07) is 16.9. The van der Waals surface area contributed by atoms with E-state index in [-0.39, 0.29) is 17.9 Å². The highest BCUT2D eigenvalue weighted by atomic mass is 35.5. The molecule has 0 saturated carbocycles. The molecule has 2 amide bonds. The number of benzene rings is 2. The topological polar surface area (TPSA) is 49.4 Å². The molecule has 2 aromatic carbocycles. The summed E-state index contributed by atoms with van der Waals surface area (Å²) in [6.07, 6.45) is 2.38. The Bertz CT molecular complexity index is 794. The summed E-state index contributed by atoms with van der Waals surface area (Å²) in [5.41, 5.74) is 1.95. The third kappa shape index (κ3) is 6.90. The first kappa shape index (κ1) is 23.0. The number of carbonyl (C=O) groups excluding carboxylic acids is 2. The van der Waals surface area contributed by atoms with Crippen molar-refractivity contribution in [1.82, 2.24) is 10.2 Å². The maximum absolute atomic E-state index is 13.2. The lowest BCUT2D eigenvalue weighted by Crippen LogP contribution is -2.50. The van der Waals surface area contributed by atoms with Crippen molar-refractivity contribution in [3.05, 3.63) is 70.7 Å². The average molecular weight is 415 g/mol. The molecular weight excluding hydrogens is 384 g/mol. The maximum atomic E-state index is 13.2. The summed E-state index contributed by atoms with van der Waals surface area (Å²) >= 11 is 6.34. The molecule has 0 spiro atoms. The van der Waals surface area contributed by atoms with Crippen molar-refractivity contribution in [3.8, 4) is 0 Å². The van der Waals surface area contributed by atoms with Gasteiger partial charge in [0.25, 0.3) is 0 Å². The minimum Gasteiger partial charge on any atom is -0.352 e. The van der Waals surface area contributed by atoms with Crippen LogP contribution in [0.1, 0.15) is 51.2 Å². The Morgan fingerprint density at radius 3 is 2.28 bits per heavy atom. The van der Waals surface area contributed by atoms with Gasteiger partial charge in [0.1, 0.15) is 6.04 Å². The molecule has 2 atom stereocenters. The fraction of sp³-hybridized carbons (Fsp3) is 0.417. The lowest BCUT2D eigenvalue weighted by Gasteiger charge is -2.31. The number of hydrogen-bond donors (Lipinski definition) is 1. The van der Waals surface area contributed by atoms with Crippen LogP contribution in [0.4, 0.5) is 0 Å². The van der Waals surface area contributed by atoms with E-state index < -0.39 is 6.04 Å². The molecule has 29 heavy (non-hydrogen) atoms. The third-order valence-corrected chi connectivity index (χ3v) is 5.52. The summed E-state index contributed by atoms with van der Waals surface area (Å²) < 4.78 is 0. The van der Waals surface area contributed by atoms with Crippen molar-refractivity contribution in [1.29, 1.82) is 0 Å². The lowest BCUT2D eigenvalue weighted by atomic mass is 10.1. The van der Waals surface area contributed by atoms with Crippen molar-refractivity contribution < 1.29 is 9.59 Å². The van der Waals surface area contributed by atoms with Crippen LogP contribution in [0, 0.1) is 0 Å². The molecule has 0 aromatic heterocycles. The number of rotatable bonds is 10. The highest BCUT2D eigenvalue weighted by molar-refractivity contribution is 6.31. The molecule has 0 heterocycles. The van der Waals surface area contributed by atoms with Gasteiger partial charge in [-0.3, -0.25) is 9.59 Å². The van der Waals surface area contributed by atoms with E-state index in [1.54, 1.807) is 4.90 Å². The fourth-order valence-electron chi connectivity index (χ4n) is 3.21. The molecule has 2 rings (SSSR count). The number of amides is 2. The van der Waals surface area contributed by atoms with E-state index in [1.807, 2.05) is 75.4 Å². The molecule has 1 N–H and O–H groups in total. The van der Waals surface area contributed by atoms with Gasteiger partial charge in [-0.05, 0) is 43.4 Å². The van der Waals surface area contributed by atoms with E-state index in [9.17, 15) is 9.59 Å². The zero-order chi connectivity index (χ0) is 21.2. The Morgan fingerprint density at radius 2 is 1.66 bits per heavy atom. The number of nitrogens with zero attached hydrogens (tertiary/aromatic N) is 1. The summed E-state index contributed by atoms with van der Waals surface area (Å²) in [5, 5.41) is 3.63. The number of hydrogen-bond acceptors (Lipinski definition) is 2. The van der Waals surface area contributed by atoms with Crippen molar-refractivity contribution in [2.24, 2.45) is 0 Å². The normalized spacial score (nSPS) is 12.8. The van der Waals surface area contributed by atoms with Crippen LogP contribution >= 0.6 is 11.6 Å². The van der Waals surface area contributed by atoms with Crippen molar-refractivity contribution in [3.63, 3.8) is 0 Å². The second-order valence-corrected chi connectivity index (χ2v) is 7.75. The predicted octanol–water partition coefficient (Wildman–Crippen LogP) is 4.99. The zero-order valence-electron chi connectivity index (χ0n) is 17.5. The van der Waals surface area contributed by atoms with Gasteiger partial charge in [0.05, 0.1) is 0 Å². The second kappa shape index (κ2) is 11.6. The largest absolute Gasteiger partial charge is 0.352 e. The fourth-order valence-corrected chi connectivity index (χ4v) is 3.41. The number of halogens is 1. The van der Waals surface area contributed by atoms with Gasteiger partial charge in [-0.1, -0.05) is 74.0 Å². The molecule has 0 saturated heterocycles. The van der Waals surface area contributed by atoms with Crippen LogP contribution in [0.25, 0.3) is 0 Å². The monoisotopic (exact) mass is 414 g/mol. The Morgan fingerprint density at radius 1 is 1.00 bits per heavy atom. The van der Waals surface area contributed by atoms with Crippen LogP contribution in [0.3, 0.4) is 0 Å². The molecule has 0 radical (unpaired) electrons. The Hall–Kier alpha value is -2.33. The quantitative estimate of drug-likeness (QED) is 0.595. The molecule has 0 fully saturated rings. The number of aryl methyl sites for hydroxylation is 1. The van der Waals surface area contributed by atoms with Gasteiger partial charge in [0.2, 0.25) is 11.8 Å².